The van der Waals surface area contributed by atoms with E-state index < -0.39 is 0 Å². The number of rotatable bonds is 7. The number of benzene rings is 1. The summed E-state index contributed by atoms with van der Waals surface area (Å²) in [6, 6.07) is 10.9. The molecule has 0 aromatic heterocycles. The summed E-state index contributed by atoms with van der Waals surface area (Å²) >= 11 is 0. The summed E-state index contributed by atoms with van der Waals surface area (Å²) in [6.45, 7) is 8.88. The Bertz CT molecular complexity index is 546. The fraction of sp³-hybridized carbons (Fsp3) is 0.650. The first-order valence-electron chi connectivity index (χ1n) is 9.87. The van der Waals surface area contributed by atoms with E-state index in [0.29, 0.717) is 6.10 Å². The van der Waals surface area contributed by atoms with Crippen LogP contribution >= 0.6 is 24.0 Å². The summed E-state index contributed by atoms with van der Waals surface area (Å²) in [4.78, 5) is 7.36. The Morgan fingerprint density at radius 3 is 2.63 bits per heavy atom. The van der Waals surface area contributed by atoms with Crippen molar-refractivity contribution in [3.05, 3.63) is 35.9 Å². The zero-order valence-electron chi connectivity index (χ0n) is 16.2. The summed E-state index contributed by atoms with van der Waals surface area (Å²) in [6.07, 6.45) is 2.60. The van der Waals surface area contributed by atoms with E-state index in [1.807, 2.05) is 0 Å². The van der Waals surface area contributed by atoms with Crippen molar-refractivity contribution in [2.75, 3.05) is 52.5 Å². The average Bonchev–Trinajstić information content (AvgIpc) is 3.21. The Kier molecular flexibility index (Phi) is 10.4. The van der Waals surface area contributed by atoms with Crippen molar-refractivity contribution >= 4 is 29.9 Å². The Morgan fingerprint density at radius 2 is 1.96 bits per heavy atom. The number of hydrogen-bond acceptors (Lipinski definition) is 4. The number of hydrogen-bond donors (Lipinski definition) is 2. The van der Waals surface area contributed by atoms with Crippen LogP contribution in [0.3, 0.4) is 0 Å². The number of ether oxygens (including phenoxy) is 2. The highest BCUT2D eigenvalue weighted by atomic mass is 127. The summed E-state index contributed by atoms with van der Waals surface area (Å²) < 4.78 is 11.2. The second-order valence-electron chi connectivity index (χ2n) is 6.81. The minimum absolute atomic E-state index is 0. The van der Waals surface area contributed by atoms with E-state index in [2.05, 4.69) is 52.8 Å². The van der Waals surface area contributed by atoms with Crippen LogP contribution in [0.5, 0.6) is 0 Å². The molecule has 2 unspecified atom stereocenters. The van der Waals surface area contributed by atoms with Crippen LogP contribution in [0.2, 0.25) is 0 Å². The van der Waals surface area contributed by atoms with Gasteiger partial charge < -0.3 is 20.1 Å². The normalized spacial score (nSPS) is 22.1. The van der Waals surface area contributed by atoms with E-state index in [4.69, 9.17) is 14.5 Å². The molecule has 1 aromatic rings. The monoisotopic (exact) mass is 488 g/mol. The summed E-state index contributed by atoms with van der Waals surface area (Å²) in [5.74, 6) is 0.872. The minimum atomic E-state index is 0. The van der Waals surface area contributed by atoms with Gasteiger partial charge in [-0.25, -0.2) is 0 Å². The van der Waals surface area contributed by atoms with Gasteiger partial charge in [0.25, 0.3) is 0 Å². The van der Waals surface area contributed by atoms with Gasteiger partial charge in [-0.05, 0) is 25.3 Å². The molecule has 0 aliphatic carbocycles. The molecule has 0 spiro atoms. The molecule has 2 atom stereocenters. The molecule has 3 rings (SSSR count). The van der Waals surface area contributed by atoms with Crippen LogP contribution in [0.1, 0.15) is 31.4 Å². The molecule has 1 aromatic carbocycles. The van der Waals surface area contributed by atoms with Crippen LogP contribution in [0, 0.1) is 0 Å². The SMILES string of the molecule is CCNC(=NCC(c1ccccc1)N1CCOCC1)NCC1CCCO1.I. The fourth-order valence-corrected chi connectivity index (χ4v) is 3.53. The van der Waals surface area contributed by atoms with E-state index in [0.717, 1.165) is 71.3 Å². The highest BCUT2D eigenvalue weighted by molar-refractivity contribution is 14.0. The Morgan fingerprint density at radius 1 is 1.19 bits per heavy atom. The van der Waals surface area contributed by atoms with Crippen LogP contribution in [-0.4, -0.2) is 69.5 Å². The summed E-state index contributed by atoms with van der Waals surface area (Å²) in [5.41, 5.74) is 1.31. The maximum absolute atomic E-state index is 5.70. The second-order valence-corrected chi connectivity index (χ2v) is 6.81. The van der Waals surface area contributed by atoms with Gasteiger partial charge in [-0.15, -0.1) is 24.0 Å². The van der Waals surface area contributed by atoms with Gasteiger partial charge in [0, 0.05) is 32.8 Å². The van der Waals surface area contributed by atoms with Gasteiger partial charge in [-0.1, -0.05) is 30.3 Å². The van der Waals surface area contributed by atoms with Gasteiger partial charge in [0.15, 0.2) is 5.96 Å². The van der Waals surface area contributed by atoms with Gasteiger partial charge in [0.2, 0.25) is 0 Å². The first-order chi connectivity index (χ1) is 12.9. The van der Waals surface area contributed by atoms with Crippen LogP contribution in [0.4, 0.5) is 0 Å². The Labute approximate surface area is 180 Å². The van der Waals surface area contributed by atoms with E-state index in [-0.39, 0.29) is 30.0 Å². The third kappa shape index (κ3) is 7.21. The molecule has 7 heteroatoms. The van der Waals surface area contributed by atoms with E-state index in [1.165, 1.54) is 5.56 Å². The number of aliphatic imine (C=N–C) groups is 1. The highest BCUT2D eigenvalue weighted by Crippen LogP contribution is 2.22. The van der Waals surface area contributed by atoms with Crippen LogP contribution < -0.4 is 10.6 Å². The first kappa shape index (κ1) is 22.4. The van der Waals surface area contributed by atoms with Crippen molar-refractivity contribution < 1.29 is 9.47 Å². The highest BCUT2D eigenvalue weighted by Gasteiger charge is 2.22. The van der Waals surface area contributed by atoms with Crippen molar-refractivity contribution in [3.8, 4) is 0 Å². The maximum atomic E-state index is 5.70. The standard InChI is InChI=1S/C20H32N4O2.HI/c1-2-21-20(22-15-18-9-6-12-26-18)23-16-19(17-7-4-3-5-8-17)24-10-13-25-14-11-24;/h3-5,7-8,18-19H,2,6,9-16H2,1H3,(H2,21,22,23);1H. The van der Waals surface area contributed by atoms with Gasteiger partial charge in [-0.2, -0.15) is 0 Å². The molecule has 2 fully saturated rings. The lowest BCUT2D eigenvalue weighted by molar-refractivity contribution is 0.0179. The summed E-state index contributed by atoms with van der Waals surface area (Å²) in [5, 5.41) is 6.80. The molecule has 0 amide bonds. The van der Waals surface area contributed by atoms with E-state index >= 15 is 0 Å². The van der Waals surface area contributed by atoms with Crippen LogP contribution in [0.15, 0.2) is 35.3 Å². The smallest absolute Gasteiger partial charge is 0.191 e. The predicted molar refractivity (Wildman–Crippen MR) is 120 cm³/mol. The largest absolute Gasteiger partial charge is 0.379 e. The van der Waals surface area contributed by atoms with Gasteiger partial charge >= 0.3 is 0 Å². The van der Waals surface area contributed by atoms with Crippen LogP contribution in [-0.2, 0) is 9.47 Å². The molecule has 2 N–H and O–H groups in total. The molecule has 2 heterocycles. The van der Waals surface area contributed by atoms with Gasteiger partial charge in [0.1, 0.15) is 0 Å². The van der Waals surface area contributed by atoms with Crippen molar-refractivity contribution in [2.24, 2.45) is 4.99 Å². The lowest BCUT2D eigenvalue weighted by atomic mass is 10.1. The molecule has 0 bridgehead atoms. The number of nitrogens with one attached hydrogen (secondary N) is 2. The Balaban J connectivity index is 0.00000261. The number of guanidine groups is 1. The molecule has 2 aliphatic heterocycles. The van der Waals surface area contributed by atoms with Crippen molar-refractivity contribution in [2.45, 2.75) is 31.9 Å². The molecular weight excluding hydrogens is 455 g/mol. The van der Waals surface area contributed by atoms with Crippen LogP contribution in [0.25, 0.3) is 0 Å². The maximum Gasteiger partial charge on any atom is 0.191 e. The third-order valence-electron chi connectivity index (χ3n) is 4.96. The fourth-order valence-electron chi connectivity index (χ4n) is 3.53. The topological polar surface area (TPSA) is 58.1 Å². The molecule has 6 nitrogen and oxygen atoms in total. The lowest BCUT2D eigenvalue weighted by Gasteiger charge is -2.34. The molecular formula is C20H33IN4O2. The zero-order valence-corrected chi connectivity index (χ0v) is 18.6. The minimum Gasteiger partial charge on any atom is -0.379 e. The molecule has 2 aliphatic rings. The molecule has 0 radical (unpaired) electrons. The van der Waals surface area contributed by atoms with Gasteiger partial charge in [0.05, 0.1) is 31.9 Å². The van der Waals surface area contributed by atoms with Crippen molar-refractivity contribution in [3.63, 3.8) is 0 Å². The molecule has 0 saturated carbocycles. The zero-order chi connectivity index (χ0) is 18.0. The quantitative estimate of drug-likeness (QED) is 0.351. The third-order valence-corrected chi connectivity index (χ3v) is 4.96. The van der Waals surface area contributed by atoms with E-state index in [9.17, 15) is 0 Å². The van der Waals surface area contributed by atoms with Gasteiger partial charge in [-0.3, -0.25) is 9.89 Å². The Hall–Kier alpha value is -0.900. The number of nitrogens with zero attached hydrogens (tertiary/aromatic N) is 2. The molecule has 152 valence electrons. The predicted octanol–water partition coefficient (Wildman–Crippen LogP) is 2.41. The molecule has 2 saturated heterocycles. The van der Waals surface area contributed by atoms with Crippen molar-refractivity contribution in [1.29, 1.82) is 0 Å². The number of halogens is 1. The summed E-state index contributed by atoms with van der Waals surface area (Å²) in [7, 11) is 0. The van der Waals surface area contributed by atoms with Crippen molar-refractivity contribution in [1.82, 2.24) is 15.5 Å². The molecule has 27 heavy (non-hydrogen) atoms. The lowest BCUT2D eigenvalue weighted by Crippen LogP contribution is -2.43. The second kappa shape index (κ2) is 12.5. The number of morpholine rings is 1. The van der Waals surface area contributed by atoms with E-state index in [1.54, 1.807) is 0 Å². The average molecular weight is 488 g/mol. The first-order valence-corrected chi connectivity index (χ1v) is 9.87.